The molecule has 0 aliphatic carbocycles. The SMILES string of the molecule is COc1ccc(-c2noc(-c3nnn4c3CO[C@@H](c3cccc(OC)c3)C4)n2)cc1. The van der Waals surface area contributed by atoms with Crippen molar-refractivity contribution >= 4 is 0 Å². The van der Waals surface area contributed by atoms with Crippen molar-refractivity contribution in [1.29, 1.82) is 0 Å². The molecule has 1 aliphatic heterocycles. The van der Waals surface area contributed by atoms with Crippen molar-refractivity contribution in [2.75, 3.05) is 14.2 Å². The highest BCUT2D eigenvalue weighted by Gasteiger charge is 2.28. The molecule has 0 saturated heterocycles. The molecule has 5 rings (SSSR count). The van der Waals surface area contributed by atoms with Gasteiger partial charge >= 0.3 is 0 Å². The van der Waals surface area contributed by atoms with Gasteiger partial charge < -0.3 is 18.7 Å². The van der Waals surface area contributed by atoms with Crippen LogP contribution in [-0.2, 0) is 17.9 Å². The van der Waals surface area contributed by atoms with Gasteiger partial charge in [-0.1, -0.05) is 22.5 Å². The minimum Gasteiger partial charge on any atom is -0.497 e. The molecule has 2 aromatic carbocycles. The number of aromatic nitrogens is 5. The molecule has 1 atom stereocenters. The van der Waals surface area contributed by atoms with Crippen LogP contribution in [0, 0.1) is 0 Å². The average molecular weight is 405 g/mol. The van der Waals surface area contributed by atoms with E-state index in [4.69, 9.17) is 18.7 Å². The number of fused-ring (bicyclic) bond motifs is 1. The molecule has 152 valence electrons. The van der Waals surface area contributed by atoms with E-state index in [-0.39, 0.29) is 6.10 Å². The summed E-state index contributed by atoms with van der Waals surface area (Å²) in [4.78, 5) is 4.48. The van der Waals surface area contributed by atoms with E-state index in [1.807, 2.05) is 53.2 Å². The monoisotopic (exact) mass is 405 g/mol. The van der Waals surface area contributed by atoms with Crippen LogP contribution in [0.1, 0.15) is 17.4 Å². The van der Waals surface area contributed by atoms with Gasteiger partial charge in [0, 0.05) is 5.56 Å². The molecule has 9 heteroatoms. The summed E-state index contributed by atoms with van der Waals surface area (Å²) >= 11 is 0. The van der Waals surface area contributed by atoms with Crippen molar-refractivity contribution in [2.45, 2.75) is 19.3 Å². The van der Waals surface area contributed by atoms with Gasteiger partial charge in [0.15, 0.2) is 5.69 Å². The Bertz CT molecular complexity index is 1170. The fourth-order valence-electron chi connectivity index (χ4n) is 3.40. The molecule has 4 aromatic rings. The quantitative estimate of drug-likeness (QED) is 0.499. The minimum atomic E-state index is -0.139. The van der Waals surface area contributed by atoms with E-state index >= 15 is 0 Å². The first kappa shape index (κ1) is 18.3. The second kappa shape index (κ2) is 7.60. The molecule has 0 amide bonds. The fraction of sp³-hybridized carbons (Fsp3) is 0.238. The van der Waals surface area contributed by atoms with Crippen LogP contribution in [0.2, 0.25) is 0 Å². The molecular formula is C21H19N5O4. The highest BCUT2D eigenvalue weighted by molar-refractivity contribution is 5.59. The van der Waals surface area contributed by atoms with Gasteiger partial charge in [-0.05, 0) is 42.0 Å². The van der Waals surface area contributed by atoms with Gasteiger partial charge in [-0.3, -0.25) is 0 Å². The zero-order chi connectivity index (χ0) is 20.5. The van der Waals surface area contributed by atoms with Crippen molar-refractivity contribution < 1.29 is 18.7 Å². The first-order valence-electron chi connectivity index (χ1n) is 9.41. The number of benzene rings is 2. The lowest BCUT2D eigenvalue weighted by Gasteiger charge is -2.24. The van der Waals surface area contributed by atoms with Crippen LogP contribution in [0.15, 0.2) is 53.1 Å². The number of ether oxygens (including phenoxy) is 3. The van der Waals surface area contributed by atoms with Gasteiger partial charge in [-0.2, -0.15) is 4.98 Å². The Balaban J connectivity index is 1.38. The molecule has 2 aromatic heterocycles. The number of hydrogen-bond donors (Lipinski definition) is 0. The predicted octanol–water partition coefficient (Wildman–Crippen LogP) is 3.28. The van der Waals surface area contributed by atoms with Crippen LogP contribution in [0.25, 0.3) is 23.0 Å². The molecule has 30 heavy (non-hydrogen) atoms. The van der Waals surface area contributed by atoms with Gasteiger partial charge in [0.05, 0.1) is 33.1 Å². The maximum Gasteiger partial charge on any atom is 0.280 e. The molecule has 0 saturated carbocycles. The average Bonchev–Trinajstić information content (AvgIpc) is 3.46. The molecule has 0 N–H and O–H groups in total. The minimum absolute atomic E-state index is 0.139. The topological polar surface area (TPSA) is 97.3 Å². The molecular weight excluding hydrogens is 386 g/mol. The molecule has 0 spiro atoms. The fourth-order valence-corrected chi connectivity index (χ4v) is 3.40. The van der Waals surface area contributed by atoms with Gasteiger partial charge in [0.25, 0.3) is 5.89 Å². The lowest BCUT2D eigenvalue weighted by Crippen LogP contribution is -2.22. The van der Waals surface area contributed by atoms with E-state index < -0.39 is 0 Å². The third-order valence-electron chi connectivity index (χ3n) is 5.04. The number of nitrogens with zero attached hydrogens (tertiary/aromatic N) is 5. The van der Waals surface area contributed by atoms with Crippen LogP contribution in [0.5, 0.6) is 11.5 Å². The van der Waals surface area contributed by atoms with Crippen molar-refractivity contribution in [2.24, 2.45) is 0 Å². The predicted molar refractivity (Wildman–Crippen MR) is 106 cm³/mol. The van der Waals surface area contributed by atoms with Gasteiger partial charge in [0.2, 0.25) is 5.82 Å². The van der Waals surface area contributed by atoms with Crippen molar-refractivity contribution in [3.63, 3.8) is 0 Å². The Kier molecular flexibility index (Phi) is 4.64. The zero-order valence-corrected chi connectivity index (χ0v) is 16.5. The van der Waals surface area contributed by atoms with Crippen LogP contribution in [0.3, 0.4) is 0 Å². The van der Waals surface area contributed by atoms with Crippen molar-refractivity contribution in [3.05, 3.63) is 59.8 Å². The second-order valence-electron chi connectivity index (χ2n) is 6.79. The third kappa shape index (κ3) is 3.29. The Morgan fingerprint density at radius 1 is 1.03 bits per heavy atom. The highest BCUT2D eigenvalue weighted by atomic mass is 16.5. The smallest absolute Gasteiger partial charge is 0.280 e. The van der Waals surface area contributed by atoms with Gasteiger partial charge in [-0.15, -0.1) is 5.10 Å². The number of rotatable bonds is 5. The molecule has 1 aliphatic rings. The Labute approximate surface area is 172 Å². The summed E-state index contributed by atoms with van der Waals surface area (Å²) in [5.41, 5.74) is 3.18. The summed E-state index contributed by atoms with van der Waals surface area (Å²) in [6, 6.07) is 15.3. The van der Waals surface area contributed by atoms with Crippen molar-refractivity contribution in [1.82, 2.24) is 25.1 Å². The maximum absolute atomic E-state index is 6.07. The van der Waals surface area contributed by atoms with Crippen LogP contribution >= 0.6 is 0 Å². The summed E-state index contributed by atoms with van der Waals surface area (Å²) in [6.07, 6.45) is -0.139. The summed E-state index contributed by atoms with van der Waals surface area (Å²) in [7, 11) is 3.27. The molecule has 9 nitrogen and oxygen atoms in total. The Morgan fingerprint density at radius 2 is 1.87 bits per heavy atom. The van der Waals surface area contributed by atoms with E-state index in [2.05, 4.69) is 20.5 Å². The third-order valence-corrected chi connectivity index (χ3v) is 5.04. The van der Waals surface area contributed by atoms with Crippen LogP contribution in [0.4, 0.5) is 0 Å². The molecule has 3 heterocycles. The molecule has 0 unspecified atom stereocenters. The van der Waals surface area contributed by atoms with E-state index in [9.17, 15) is 0 Å². The van der Waals surface area contributed by atoms with Crippen molar-refractivity contribution in [3.8, 4) is 34.5 Å². The van der Waals surface area contributed by atoms with Gasteiger partial charge in [0.1, 0.15) is 17.6 Å². The summed E-state index contributed by atoms with van der Waals surface area (Å²) in [5.74, 6) is 2.33. The number of methoxy groups -OCH3 is 2. The second-order valence-corrected chi connectivity index (χ2v) is 6.79. The first-order valence-corrected chi connectivity index (χ1v) is 9.41. The summed E-state index contributed by atoms with van der Waals surface area (Å²) in [6.45, 7) is 0.874. The number of hydrogen-bond acceptors (Lipinski definition) is 8. The molecule has 0 bridgehead atoms. The van der Waals surface area contributed by atoms with Crippen LogP contribution in [-0.4, -0.2) is 39.4 Å². The maximum atomic E-state index is 6.07. The lowest BCUT2D eigenvalue weighted by atomic mass is 10.1. The standard InChI is InChI=1S/C21H19N5O4/c1-27-15-8-6-13(7-9-15)20-22-21(30-24-20)19-17-12-29-18(11-26(17)25-23-19)14-4-3-5-16(10-14)28-2/h3-10,18H,11-12H2,1-2H3/t18-/m1/s1. The molecule has 0 radical (unpaired) electrons. The van der Waals surface area contributed by atoms with E-state index in [0.29, 0.717) is 30.6 Å². The Morgan fingerprint density at radius 3 is 2.67 bits per heavy atom. The summed E-state index contributed by atoms with van der Waals surface area (Å²) < 4.78 is 23.8. The highest BCUT2D eigenvalue weighted by Crippen LogP contribution is 2.32. The lowest BCUT2D eigenvalue weighted by molar-refractivity contribution is -0.00127. The van der Waals surface area contributed by atoms with E-state index in [1.54, 1.807) is 14.2 Å². The van der Waals surface area contributed by atoms with Gasteiger partial charge in [-0.25, -0.2) is 4.68 Å². The molecule has 0 fully saturated rings. The Hall–Kier alpha value is -3.72. The van der Waals surface area contributed by atoms with E-state index in [1.165, 1.54) is 0 Å². The normalized spacial score (nSPS) is 15.6. The van der Waals surface area contributed by atoms with E-state index in [0.717, 1.165) is 28.3 Å². The van der Waals surface area contributed by atoms with Crippen LogP contribution < -0.4 is 9.47 Å². The first-order chi connectivity index (χ1) is 14.7. The largest absolute Gasteiger partial charge is 0.497 e. The zero-order valence-electron chi connectivity index (χ0n) is 16.5. The summed E-state index contributed by atoms with van der Waals surface area (Å²) in [5, 5.41) is 12.6.